The monoisotopic (exact) mass is 429 g/mol. The molecule has 0 saturated heterocycles. The number of esters is 1. The molecule has 0 N–H and O–H groups in total. The van der Waals surface area contributed by atoms with Gasteiger partial charge >= 0.3 is 5.97 Å². The molecule has 1 aromatic heterocycles. The summed E-state index contributed by atoms with van der Waals surface area (Å²) >= 11 is 1.60. The quantitative estimate of drug-likeness (QED) is 0.402. The van der Waals surface area contributed by atoms with Crippen LogP contribution in [0.25, 0.3) is 0 Å². The van der Waals surface area contributed by atoms with Gasteiger partial charge in [0.05, 0.1) is 17.0 Å². The molecule has 0 fully saturated rings. The van der Waals surface area contributed by atoms with Crippen molar-refractivity contribution in [2.24, 2.45) is 0 Å². The number of sulfonamides is 1. The van der Waals surface area contributed by atoms with Crippen molar-refractivity contribution in [2.75, 3.05) is 11.4 Å². The largest absolute Gasteiger partial charge is 0.427 e. The van der Waals surface area contributed by atoms with Gasteiger partial charge in [0.25, 0.3) is 10.0 Å². The van der Waals surface area contributed by atoms with Crippen LogP contribution >= 0.6 is 11.3 Å². The number of carbonyl (C=O) groups excluding carboxylic acids is 1. The second-order valence-electron chi connectivity index (χ2n) is 6.82. The van der Waals surface area contributed by atoms with E-state index in [1.165, 1.54) is 11.4 Å². The maximum Gasteiger partial charge on any atom is 0.311 e. The molecule has 2 aromatic carbocycles. The first-order valence-corrected chi connectivity index (χ1v) is 11.5. The zero-order valence-electron chi connectivity index (χ0n) is 16.6. The molecule has 0 aliphatic rings. The second-order valence-corrected chi connectivity index (χ2v) is 9.57. The molecule has 7 heteroatoms. The summed E-state index contributed by atoms with van der Waals surface area (Å²) in [5.74, 6) is 0.0705. The smallest absolute Gasteiger partial charge is 0.311 e. The lowest BCUT2D eigenvalue weighted by Crippen LogP contribution is -2.26. The number of rotatable bonds is 7. The van der Waals surface area contributed by atoms with E-state index in [9.17, 15) is 13.2 Å². The number of nitrogens with zero attached hydrogens (tertiary/aromatic N) is 1. The number of hydrogen-bond acceptors (Lipinski definition) is 5. The van der Waals surface area contributed by atoms with Crippen LogP contribution in [0, 0.1) is 13.8 Å². The average molecular weight is 430 g/mol. The Morgan fingerprint density at radius 1 is 1.03 bits per heavy atom. The van der Waals surface area contributed by atoms with Gasteiger partial charge in [-0.05, 0) is 90.2 Å². The van der Waals surface area contributed by atoms with Gasteiger partial charge in [0.15, 0.2) is 0 Å². The Morgan fingerprint density at radius 3 is 2.38 bits per heavy atom. The summed E-state index contributed by atoms with van der Waals surface area (Å²) < 4.78 is 32.4. The standard InChI is InChI=1S/C22H23NO4S2/c1-16-4-10-21(14-17(16)2)29(25,26)23(3)19-6-8-20(9-7-19)27-22(24)11-5-18-12-13-28-15-18/h4,6-10,12-15H,5,11H2,1-3H3. The minimum absolute atomic E-state index is 0.243. The molecule has 0 aliphatic heterocycles. The van der Waals surface area contributed by atoms with Crippen molar-refractivity contribution >= 4 is 33.0 Å². The number of benzene rings is 2. The molecule has 0 atom stereocenters. The van der Waals surface area contributed by atoms with Gasteiger partial charge in [0, 0.05) is 7.05 Å². The third-order valence-electron chi connectivity index (χ3n) is 4.77. The highest BCUT2D eigenvalue weighted by Crippen LogP contribution is 2.25. The minimum Gasteiger partial charge on any atom is -0.427 e. The number of thiophene rings is 1. The van der Waals surface area contributed by atoms with Crippen molar-refractivity contribution in [3.63, 3.8) is 0 Å². The van der Waals surface area contributed by atoms with Gasteiger partial charge in [0.1, 0.15) is 5.75 Å². The molecule has 152 valence electrons. The highest BCUT2D eigenvalue weighted by molar-refractivity contribution is 7.92. The molecule has 0 unspecified atom stereocenters. The fraction of sp³-hybridized carbons (Fsp3) is 0.227. The summed E-state index contributed by atoms with van der Waals surface area (Å²) in [6, 6.07) is 13.5. The summed E-state index contributed by atoms with van der Waals surface area (Å²) in [6.45, 7) is 3.83. The Morgan fingerprint density at radius 2 is 1.76 bits per heavy atom. The first kappa shape index (κ1) is 21.1. The van der Waals surface area contributed by atoms with E-state index in [0.29, 0.717) is 24.3 Å². The second kappa shape index (κ2) is 8.80. The first-order chi connectivity index (χ1) is 13.8. The summed E-state index contributed by atoms with van der Waals surface area (Å²) in [7, 11) is -2.17. The number of ether oxygens (including phenoxy) is 1. The Bertz CT molecular complexity index is 1090. The van der Waals surface area contributed by atoms with Crippen LogP contribution in [0.1, 0.15) is 23.1 Å². The normalized spacial score (nSPS) is 11.3. The van der Waals surface area contributed by atoms with Crippen molar-refractivity contribution < 1.29 is 17.9 Å². The summed E-state index contributed by atoms with van der Waals surface area (Å²) in [5.41, 5.74) is 3.56. The summed E-state index contributed by atoms with van der Waals surface area (Å²) in [6.07, 6.45) is 0.927. The molecule has 0 bridgehead atoms. The van der Waals surface area contributed by atoms with Gasteiger partial charge in [0.2, 0.25) is 0 Å². The molecule has 29 heavy (non-hydrogen) atoms. The molecule has 0 saturated carbocycles. The van der Waals surface area contributed by atoms with Gasteiger partial charge < -0.3 is 4.74 Å². The van der Waals surface area contributed by atoms with Crippen LogP contribution < -0.4 is 9.04 Å². The van der Waals surface area contributed by atoms with E-state index >= 15 is 0 Å². The third kappa shape index (κ3) is 5.05. The molecule has 3 rings (SSSR count). The Balaban J connectivity index is 1.66. The van der Waals surface area contributed by atoms with E-state index in [1.54, 1.807) is 53.8 Å². The molecule has 5 nitrogen and oxygen atoms in total. The fourth-order valence-electron chi connectivity index (χ4n) is 2.76. The zero-order chi connectivity index (χ0) is 21.0. The SMILES string of the molecule is Cc1ccc(S(=O)(=O)N(C)c2ccc(OC(=O)CCc3ccsc3)cc2)cc1C. The molecule has 0 spiro atoms. The topological polar surface area (TPSA) is 63.7 Å². The van der Waals surface area contributed by atoms with E-state index in [2.05, 4.69) is 0 Å². The molecule has 1 heterocycles. The van der Waals surface area contributed by atoms with Gasteiger partial charge in [-0.3, -0.25) is 9.10 Å². The van der Waals surface area contributed by atoms with E-state index in [1.807, 2.05) is 30.7 Å². The first-order valence-electron chi connectivity index (χ1n) is 9.15. The van der Waals surface area contributed by atoms with Gasteiger partial charge in [-0.2, -0.15) is 11.3 Å². The van der Waals surface area contributed by atoms with E-state index in [0.717, 1.165) is 16.7 Å². The van der Waals surface area contributed by atoms with Crippen molar-refractivity contribution in [2.45, 2.75) is 31.6 Å². The minimum atomic E-state index is -3.67. The molecule has 0 amide bonds. The van der Waals surface area contributed by atoms with Gasteiger partial charge in [-0.1, -0.05) is 6.07 Å². The van der Waals surface area contributed by atoms with E-state index < -0.39 is 10.0 Å². The Kier molecular flexibility index (Phi) is 6.39. The average Bonchev–Trinajstić information content (AvgIpc) is 3.22. The van der Waals surface area contributed by atoms with Crippen LogP contribution in [-0.4, -0.2) is 21.4 Å². The maximum atomic E-state index is 12.9. The number of carbonyl (C=O) groups is 1. The van der Waals surface area contributed by atoms with Crippen LogP contribution in [0.5, 0.6) is 5.75 Å². The molecular weight excluding hydrogens is 406 g/mol. The molecule has 0 aliphatic carbocycles. The van der Waals surface area contributed by atoms with E-state index in [-0.39, 0.29) is 10.9 Å². The van der Waals surface area contributed by atoms with Crippen LogP contribution in [0.15, 0.2) is 64.2 Å². The Labute approximate surface area is 175 Å². The highest BCUT2D eigenvalue weighted by Gasteiger charge is 2.21. The lowest BCUT2D eigenvalue weighted by Gasteiger charge is -2.20. The summed E-state index contributed by atoms with van der Waals surface area (Å²) in [4.78, 5) is 12.2. The lowest BCUT2D eigenvalue weighted by molar-refractivity contribution is -0.134. The van der Waals surface area contributed by atoms with Crippen molar-refractivity contribution in [3.8, 4) is 5.75 Å². The predicted molar refractivity (Wildman–Crippen MR) is 116 cm³/mol. The number of anilines is 1. The highest BCUT2D eigenvalue weighted by atomic mass is 32.2. The molecule has 3 aromatic rings. The molecular formula is C22H23NO4S2. The van der Waals surface area contributed by atoms with Crippen LogP contribution in [0.4, 0.5) is 5.69 Å². The predicted octanol–water partition coefficient (Wildman–Crippen LogP) is 4.73. The van der Waals surface area contributed by atoms with E-state index in [4.69, 9.17) is 4.74 Å². The van der Waals surface area contributed by atoms with Crippen LogP contribution in [0.3, 0.4) is 0 Å². The fourth-order valence-corrected chi connectivity index (χ4v) is 4.74. The lowest BCUT2D eigenvalue weighted by atomic mass is 10.1. The van der Waals surface area contributed by atoms with Crippen molar-refractivity contribution in [1.29, 1.82) is 0 Å². The maximum absolute atomic E-state index is 12.9. The third-order valence-corrected chi connectivity index (χ3v) is 7.28. The van der Waals surface area contributed by atoms with Crippen LogP contribution in [-0.2, 0) is 21.2 Å². The van der Waals surface area contributed by atoms with Crippen molar-refractivity contribution in [3.05, 3.63) is 76.0 Å². The van der Waals surface area contributed by atoms with Gasteiger partial charge in [-0.15, -0.1) is 0 Å². The number of hydrogen-bond donors (Lipinski definition) is 0. The molecule has 0 radical (unpaired) electrons. The van der Waals surface area contributed by atoms with Gasteiger partial charge in [-0.25, -0.2) is 8.42 Å². The van der Waals surface area contributed by atoms with Crippen molar-refractivity contribution in [1.82, 2.24) is 0 Å². The zero-order valence-corrected chi connectivity index (χ0v) is 18.2. The summed E-state index contributed by atoms with van der Waals surface area (Å²) in [5, 5.41) is 3.98. The van der Waals surface area contributed by atoms with Crippen LogP contribution in [0.2, 0.25) is 0 Å². The Hall–Kier alpha value is -2.64. The number of aryl methyl sites for hydroxylation is 3.